The number of rotatable bonds is 4. The van der Waals surface area contributed by atoms with Gasteiger partial charge >= 0.3 is 0 Å². The molecule has 1 aliphatic rings. The van der Waals surface area contributed by atoms with E-state index in [9.17, 15) is 4.79 Å². The molecule has 1 N–H and O–H groups in total. The Kier molecular flexibility index (Phi) is 5.37. The van der Waals surface area contributed by atoms with Gasteiger partial charge in [0, 0.05) is 24.0 Å². The van der Waals surface area contributed by atoms with Crippen molar-refractivity contribution in [1.29, 1.82) is 0 Å². The lowest BCUT2D eigenvalue weighted by Gasteiger charge is -2.30. The number of nitrogens with one attached hydrogen (secondary N) is 1. The molecule has 1 fully saturated rings. The van der Waals surface area contributed by atoms with Gasteiger partial charge in [0.1, 0.15) is 0 Å². The third-order valence-corrected chi connectivity index (χ3v) is 6.04. The number of piperidine rings is 1. The Labute approximate surface area is 169 Å². The minimum Gasteiger partial charge on any atom is -0.298 e. The van der Waals surface area contributed by atoms with Crippen LogP contribution in [0.1, 0.15) is 47.2 Å². The van der Waals surface area contributed by atoms with Crippen LogP contribution in [0.4, 0.5) is 5.13 Å². The van der Waals surface area contributed by atoms with Crippen LogP contribution < -0.4 is 5.32 Å². The van der Waals surface area contributed by atoms with Crippen molar-refractivity contribution >= 4 is 33.4 Å². The van der Waals surface area contributed by atoms with Crippen molar-refractivity contribution in [3.63, 3.8) is 0 Å². The molecule has 1 aliphatic heterocycles. The van der Waals surface area contributed by atoms with Crippen molar-refractivity contribution < 1.29 is 4.79 Å². The summed E-state index contributed by atoms with van der Waals surface area (Å²) in [5.74, 6) is 0.574. The fraction of sp³-hybridized carbons (Fsp3) is 0.429. The first-order chi connectivity index (χ1) is 13.5. The van der Waals surface area contributed by atoms with Crippen molar-refractivity contribution in [3.8, 4) is 0 Å². The summed E-state index contributed by atoms with van der Waals surface area (Å²) in [6.07, 6.45) is 2.56. The van der Waals surface area contributed by atoms with Crippen LogP contribution in [0.3, 0.4) is 0 Å². The summed E-state index contributed by atoms with van der Waals surface area (Å²) < 4.78 is 0. The van der Waals surface area contributed by atoms with Crippen molar-refractivity contribution in [3.05, 3.63) is 46.2 Å². The number of fused-ring (bicyclic) bond motifs is 1. The molecule has 1 atom stereocenters. The van der Waals surface area contributed by atoms with Crippen LogP contribution in [0.2, 0.25) is 0 Å². The Bertz CT molecular complexity index is 1020. The van der Waals surface area contributed by atoms with Gasteiger partial charge in [-0.05, 0) is 57.4 Å². The van der Waals surface area contributed by atoms with E-state index in [2.05, 4.69) is 32.1 Å². The van der Waals surface area contributed by atoms with Crippen LogP contribution >= 0.6 is 11.3 Å². The second-order valence-corrected chi connectivity index (χ2v) is 8.54. The fourth-order valence-corrected chi connectivity index (χ4v) is 4.33. The van der Waals surface area contributed by atoms with Crippen molar-refractivity contribution in [2.75, 3.05) is 18.4 Å². The van der Waals surface area contributed by atoms with E-state index in [1.165, 1.54) is 24.2 Å². The number of aryl methyl sites for hydroxylation is 2. The van der Waals surface area contributed by atoms with Gasteiger partial charge in [-0.25, -0.2) is 15.0 Å². The summed E-state index contributed by atoms with van der Waals surface area (Å²) in [5, 5.41) is 5.59. The molecule has 1 aromatic carbocycles. The lowest BCUT2D eigenvalue weighted by atomic mass is 10.0. The van der Waals surface area contributed by atoms with E-state index in [0.29, 0.717) is 10.7 Å². The van der Waals surface area contributed by atoms with Gasteiger partial charge < -0.3 is 0 Å². The molecule has 3 heterocycles. The highest BCUT2D eigenvalue weighted by atomic mass is 32.1. The van der Waals surface area contributed by atoms with E-state index < -0.39 is 0 Å². The molecule has 6 nitrogen and oxygen atoms in total. The van der Waals surface area contributed by atoms with Gasteiger partial charge in [-0.1, -0.05) is 6.92 Å². The zero-order valence-corrected chi connectivity index (χ0v) is 17.3. The van der Waals surface area contributed by atoms with Gasteiger partial charge in [-0.15, -0.1) is 11.3 Å². The summed E-state index contributed by atoms with van der Waals surface area (Å²) in [4.78, 5) is 28.7. The van der Waals surface area contributed by atoms with Crippen LogP contribution in [-0.4, -0.2) is 38.8 Å². The lowest BCUT2D eigenvalue weighted by Crippen LogP contribution is -2.33. The highest BCUT2D eigenvalue weighted by molar-refractivity contribution is 7.14. The number of carbonyl (C=O) groups excluding carboxylic acids is 1. The van der Waals surface area contributed by atoms with Crippen molar-refractivity contribution in [2.24, 2.45) is 5.92 Å². The maximum Gasteiger partial charge on any atom is 0.257 e. The van der Waals surface area contributed by atoms with Crippen LogP contribution in [0.5, 0.6) is 0 Å². The number of hydrogen-bond acceptors (Lipinski definition) is 6. The number of carbonyl (C=O) groups is 1. The molecular weight excluding hydrogens is 370 g/mol. The molecule has 28 heavy (non-hydrogen) atoms. The monoisotopic (exact) mass is 395 g/mol. The molecule has 0 bridgehead atoms. The number of aromatic nitrogens is 3. The van der Waals surface area contributed by atoms with Gasteiger partial charge in [0.05, 0.1) is 28.1 Å². The number of anilines is 1. The van der Waals surface area contributed by atoms with E-state index in [0.717, 1.165) is 53.7 Å². The summed E-state index contributed by atoms with van der Waals surface area (Å²) in [6.45, 7) is 9.26. The summed E-state index contributed by atoms with van der Waals surface area (Å²) in [5.41, 5.74) is 4.89. The number of hydrogen-bond donors (Lipinski definition) is 1. The molecule has 3 aromatic rings. The number of thiazole rings is 1. The maximum atomic E-state index is 12.6. The average Bonchev–Trinajstić information content (AvgIpc) is 3.09. The van der Waals surface area contributed by atoms with Crippen molar-refractivity contribution in [1.82, 2.24) is 19.9 Å². The minimum atomic E-state index is -0.172. The molecule has 146 valence electrons. The van der Waals surface area contributed by atoms with Crippen molar-refractivity contribution in [2.45, 2.75) is 40.2 Å². The maximum absolute atomic E-state index is 12.6. The van der Waals surface area contributed by atoms with Gasteiger partial charge in [-0.2, -0.15) is 0 Å². The Morgan fingerprint density at radius 1 is 1.21 bits per heavy atom. The molecular formula is C21H25N5OS. The molecule has 0 radical (unpaired) electrons. The zero-order chi connectivity index (χ0) is 19.7. The predicted molar refractivity (Wildman–Crippen MR) is 113 cm³/mol. The molecule has 0 saturated carbocycles. The average molecular weight is 396 g/mol. The smallest absolute Gasteiger partial charge is 0.257 e. The normalized spacial score (nSPS) is 17.8. The van der Waals surface area contributed by atoms with Gasteiger partial charge in [0.25, 0.3) is 5.91 Å². The molecule has 7 heteroatoms. The second-order valence-electron chi connectivity index (χ2n) is 7.68. The van der Waals surface area contributed by atoms with E-state index in [1.54, 1.807) is 12.1 Å². The predicted octanol–water partition coefficient (Wildman–Crippen LogP) is 4.19. The fourth-order valence-electron chi connectivity index (χ4n) is 3.64. The first-order valence-corrected chi connectivity index (χ1v) is 10.6. The quantitative estimate of drug-likeness (QED) is 0.717. The summed E-state index contributed by atoms with van der Waals surface area (Å²) >= 11 is 1.47. The minimum absolute atomic E-state index is 0.172. The number of likely N-dealkylation sites (tertiary alicyclic amines) is 1. The third kappa shape index (κ3) is 4.20. The van der Waals surface area contributed by atoms with E-state index in [1.807, 2.05) is 25.3 Å². The Morgan fingerprint density at radius 2 is 2.00 bits per heavy atom. The number of benzene rings is 1. The first kappa shape index (κ1) is 19.0. The van der Waals surface area contributed by atoms with Crippen LogP contribution in [0, 0.1) is 19.8 Å². The first-order valence-electron chi connectivity index (χ1n) is 9.71. The summed E-state index contributed by atoms with van der Waals surface area (Å²) in [7, 11) is 0. The second kappa shape index (κ2) is 7.93. The molecule has 2 aromatic heterocycles. The topological polar surface area (TPSA) is 71.0 Å². The number of nitrogens with zero attached hydrogens (tertiary/aromatic N) is 4. The molecule has 0 aliphatic carbocycles. The van der Waals surface area contributed by atoms with E-state index >= 15 is 0 Å². The van der Waals surface area contributed by atoms with Gasteiger partial charge in [0.2, 0.25) is 0 Å². The zero-order valence-electron chi connectivity index (χ0n) is 16.5. The standard InChI is InChI=1S/C21H25N5OS/c1-13-5-4-8-26(10-13)11-17-12-28-21(24-17)25-20(27)16-6-7-18-19(9-16)23-15(3)14(2)22-18/h6-7,9,12-13H,4-5,8,10-11H2,1-3H3,(H,24,25,27). The molecule has 4 rings (SSSR count). The lowest BCUT2D eigenvalue weighted by molar-refractivity contribution is 0.102. The van der Waals surface area contributed by atoms with E-state index in [-0.39, 0.29) is 5.91 Å². The Morgan fingerprint density at radius 3 is 2.79 bits per heavy atom. The summed E-state index contributed by atoms with van der Waals surface area (Å²) in [6, 6.07) is 5.41. The highest BCUT2D eigenvalue weighted by Crippen LogP contribution is 2.22. The van der Waals surface area contributed by atoms with Gasteiger partial charge in [0.15, 0.2) is 5.13 Å². The van der Waals surface area contributed by atoms with Crippen LogP contribution in [-0.2, 0) is 6.54 Å². The SMILES string of the molecule is Cc1nc2ccc(C(=O)Nc3nc(CN4CCCC(C)C4)cs3)cc2nc1C. The van der Waals surface area contributed by atoms with Crippen LogP contribution in [0.15, 0.2) is 23.6 Å². The molecule has 1 amide bonds. The molecule has 1 saturated heterocycles. The highest BCUT2D eigenvalue weighted by Gasteiger charge is 2.18. The van der Waals surface area contributed by atoms with E-state index in [4.69, 9.17) is 0 Å². The Balaban J connectivity index is 1.44. The largest absolute Gasteiger partial charge is 0.298 e. The molecule has 0 spiro atoms. The Hall–Kier alpha value is -2.38. The molecule has 1 unspecified atom stereocenters. The van der Waals surface area contributed by atoms with Crippen LogP contribution in [0.25, 0.3) is 11.0 Å². The number of amides is 1. The third-order valence-electron chi connectivity index (χ3n) is 5.24. The van der Waals surface area contributed by atoms with Gasteiger partial charge in [-0.3, -0.25) is 15.0 Å².